The van der Waals surface area contributed by atoms with Crippen LogP contribution in [0.4, 0.5) is 13.2 Å². The van der Waals surface area contributed by atoms with Crippen LogP contribution in [0.25, 0.3) is 0 Å². The van der Waals surface area contributed by atoms with Gasteiger partial charge < -0.3 is 11.5 Å². The van der Waals surface area contributed by atoms with Crippen LogP contribution in [-0.2, 0) is 0 Å². The third-order valence-electron chi connectivity index (χ3n) is 1.95. The summed E-state index contributed by atoms with van der Waals surface area (Å²) in [5.74, 6) is 0. The van der Waals surface area contributed by atoms with Crippen molar-refractivity contribution in [3.63, 3.8) is 0 Å². The summed E-state index contributed by atoms with van der Waals surface area (Å²) in [5, 5.41) is 0. The van der Waals surface area contributed by atoms with Crippen LogP contribution < -0.4 is 11.5 Å². The Balaban J connectivity index is 2.81. The van der Waals surface area contributed by atoms with Gasteiger partial charge in [-0.15, -0.1) is 0 Å². The normalized spacial score (nSPS) is 16.4. The van der Waals surface area contributed by atoms with Gasteiger partial charge in [-0.25, -0.2) is 0 Å². The number of hydrogen-bond donors (Lipinski definition) is 2. The van der Waals surface area contributed by atoms with Crippen molar-refractivity contribution in [3.05, 3.63) is 35.9 Å². The van der Waals surface area contributed by atoms with E-state index in [0.29, 0.717) is 5.56 Å². The van der Waals surface area contributed by atoms with Crippen LogP contribution in [-0.4, -0.2) is 12.2 Å². The van der Waals surface area contributed by atoms with Crippen molar-refractivity contribution in [2.45, 2.75) is 18.3 Å². The van der Waals surface area contributed by atoms with Crippen molar-refractivity contribution in [1.82, 2.24) is 0 Å². The second-order valence-electron chi connectivity index (χ2n) is 3.00. The third kappa shape index (κ3) is 2.46. The van der Waals surface area contributed by atoms with Gasteiger partial charge in [-0.3, -0.25) is 0 Å². The Bertz CT molecular complexity index is 284. The maximum atomic E-state index is 12.2. The summed E-state index contributed by atoms with van der Waals surface area (Å²) in [5.41, 5.74) is 10.7. The first kappa shape index (κ1) is 11.0. The first-order chi connectivity index (χ1) is 6.43. The molecule has 0 aliphatic heterocycles. The van der Waals surface area contributed by atoms with E-state index in [1.165, 1.54) is 12.1 Å². The van der Waals surface area contributed by atoms with E-state index in [9.17, 15) is 13.2 Å². The monoisotopic (exact) mass is 204 g/mol. The lowest BCUT2D eigenvalue weighted by molar-refractivity contribution is -0.152. The fourth-order valence-corrected chi connectivity index (χ4v) is 1.09. The maximum absolute atomic E-state index is 12.2. The van der Waals surface area contributed by atoms with E-state index >= 15 is 0 Å². The van der Waals surface area contributed by atoms with E-state index in [4.69, 9.17) is 11.5 Å². The van der Waals surface area contributed by atoms with E-state index in [2.05, 4.69) is 0 Å². The molecule has 1 rings (SSSR count). The molecule has 1 aromatic rings. The van der Waals surface area contributed by atoms with E-state index in [-0.39, 0.29) is 0 Å². The highest BCUT2D eigenvalue weighted by Gasteiger charge is 2.41. The number of hydrogen-bond acceptors (Lipinski definition) is 2. The van der Waals surface area contributed by atoms with Gasteiger partial charge in [-0.05, 0) is 5.56 Å². The van der Waals surface area contributed by atoms with Gasteiger partial charge >= 0.3 is 6.18 Å². The second-order valence-corrected chi connectivity index (χ2v) is 3.00. The van der Waals surface area contributed by atoms with Gasteiger partial charge in [0, 0.05) is 0 Å². The minimum atomic E-state index is -4.46. The molecule has 0 aliphatic rings. The zero-order valence-corrected chi connectivity index (χ0v) is 7.33. The molecule has 0 saturated heterocycles. The fourth-order valence-electron chi connectivity index (χ4n) is 1.09. The van der Waals surface area contributed by atoms with Crippen LogP contribution in [0.5, 0.6) is 0 Å². The lowest BCUT2D eigenvalue weighted by Gasteiger charge is -2.22. The van der Waals surface area contributed by atoms with Crippen molar-refractivity contribution in [1.29, 1.82) is 0 Å². The van der Waals surface area contributed by atoms with Gasteiger partial charge in [0.2, 0.25) is 0 Å². The van der Waals surface area contributed by atoms with Crippen LogP contribution in [0, 0.1) is 0 Å². The third-order valence-corrected chi connectivity index (χ3v) is 1.95. The molecule has 0 spiro atoms. The zero-order chi connectivity index (χ0) is 10.8. The van der Waals surface area contributed by atoms with Crippen LogP contribution >= 0.6 is 0 Å². The summed E-state index contributed by atoms with van der Waals surface area (Å²) in [4.78, 5) is 0. The molecule has 0 fully saturated rings. The first-order valence-corrected chi connectivity index (χ1v) is 4.05. The van der Waals surface area contributed by atoms with Gasteiger partial charge in [-0.2, -0.15) is 13.2 Å². The summed E-state index contributed by atoms with van der Waals surface area (Å²) in [6.45, 7) is 0. The fraction of sp³-hybridized carbons (Fsp3) is 0.333. The summed E-state index contributed by atoms with van der Waals surface area (Å²) in [6.07, 6.45) is -4.46. The molecule has 2 atom stereocenters. The smallest absolute Gasteiger partial charge is 0.322 e. The summed E-state index contributed by atoms with van der Waals surface area (Å²) in [7, 11) is 0. The van der Waals surface area contributed by atoms with Crippen LogP contribution in [0.15, 0.2) is 30.3 Å². The molecule has 0 aromatic heterocycles. The predicted molar refractivity (Wildman–Crippen MR) is 47.4 cm³/mol. The van der Waals surface area contributed by atoms with E-state index in [1.807, 2.05) is 0 Å². The number of halogens is 3. The molecule has 0 heterocycles. The molecule has 0 radical (unpaired) electrons. The molecule has 2 nitrogen and oxygen atoms in total. The standard InChI is InChI=1S/C9H11F3N2/c10-9(11,12)8(14)7(13)6-4-2-1-3-5-6/h1-5,7-8H,13-14H2/t7-,8-/m0/s1. The number of alkyl halides is 3. The van der Waals surface area contributed by atoms with Crippen LogP contribution in [0.1, 0.15) is 11.6 Å². The number of nitrogens with two attached hydrogens (primary N) is 2. The number of rotatable bonds is 2. The van der Waals surface area contributed by atoms with Crippen LogP contribution in [0.2, 0.25) is 0 Å². The van der Waals surface area contributed by atoms with Gasteiger partial charge in [0.25, 0.3) is 0 Å². The lowest BCUT2D eigenvalue weighted by Crippen LogP contribution is -2.45. The minimum absolute atomic E-state index is 0.386. The van der Waals surface area contributed by atoms with Gasteiger partial charge in [-0.1, -0.05) is 30.3 Å². The Morgan fingerprint density at radius 3 is 1.93 bits per heavy atom. The van der Waals surface area contributed by atoms with Gasteiger partial charge in [0.1, 0.15) is 6.04 Å². The lowest BCUT2D eigenvalue weighted by atomic mass is 10.0. The summed E-state index contributed by atoms with van der Waals surface area (Å²) >= 11 is 0. The molecule has 0 aliphatic carbocycles. The molecule has 0 unspecified atom stereocenters. The SMILES string of the molecule is N[C@@H](c1ccccc1)[C@H](N)C(F)(F)F. The minimum Gasteiger partial charge on any atom is -0.322 e. The molecule has 0 amide bonds. The average Bonchev–Trinajstić information content (AvgIpc) is 2.15. The average molecular weight is 204 g/mol. The highest BCUT2D eigenvalue weighted by molar-refractivity contribution is 5.20. The molecular weight excluding hydrogens is 193 g/mol. The van der Waals surface area contributed by atoms with Gasteiger partial charge in [0.05, 0.1) is 6.04 Å². The van der Waals surface area contributed by atoms with Crippen molar-refractivity contribution < 1.29 is 13.2 Å². The zero-order valence-electron chi connectivity index (χ0n) is 7.33. The first-order valence-electron chi connectivity index (χ1n) is 4.05. The Morgan fingerprint density at radius 1 is 1.00 bits per heavy atom. The maximum Gasteiger partial charge on any atom is 0.405 e. The van der Waals surface area contributed by atoms with Crippen LogP contribution in [0.3, 0.4) is 0 Å². The van der Waals surface area contributed by atoms with Crippen molar-refractivity contribution in [3.8, 4) is 0 Å². The highest BCUT2D eigenvalue weighted by atomic mass is 19.4. The van der Waals surface area contributed by atoms with E-state index in [0.717, 1.165) is 0 Å². The Labute approximate surface area is 79.7 Å². The molecular formula is C9H11F3N2. The van der Waals surface area contributed by atoms with Gasteiger partial charge in [0.15, 0.2) is 0 Å². The number of benzene rings is 1. The van der Waals surface area contributed by atoms with E-state index < -0.39 is 18.3 Å². The molecule has 0 bridgehead atoms. The Kier molecular flexibility index (Phi) is 3.13. The molecule has 1 aromatic carbocycles. The molecule has 0 saturated carbocycles. The highest BCUT2D eigenvalue weighted by Crippen LogP contribution is 2.26. The molecule has 5 heteroatoms. The molecule has 4 N–H and O–H groups in total. The van der Waals surface area contributed by atoms with E-state index in [1.54, 1.807) is 18.2 Å². The quantitative estimate of drug-likeness (QED) is 0.768. The Hall–Kier alpha value is -1.07. The van der Waals surface area contributed by atoms with Crippen molar-refractivity contribution in [2.24, 2.45) is 11.5 Å². The Morgan fingerprint density at radius 2 is 1.50 bits per heavy atom. The van der Waals surface area contributed by atoms with Crippen molar-refractivity contribution >= 4 is 0 Å². The van der Waals surface area contributed by atoms with Crippen molar-refractivity contribution in [2.75, 3.05) is 0 Å². The predicted octanol–water partition coefficient (Wildman–Crippen LogP) is 1.58. The summed E-state index contributed by atoms with van der Waals surface area (Å²) in [6, 6.07) is 4.76. The molecule has 78 valence electrons. The largest absolute Gasteiger partial charge is 0.405 e. The second kappa shape index (κ2) is 3.98. The summed E-state index contributed by atoms with van der Waals surface area (Å²) < 4.78 is 36.5. The topological polar surface area (TPSA) is 52.0 Å². The molecule has 14 heavy (non-hydrogen) atoms.